The van der Waals surface area contributed by atoms with E-state index < -0.39 is 0 Å². The molecule has 0 spiro atoms. The van der Waals surface area contributed by atoms with Crippen LogP contribution in [0.4, 0.5) is 10.6 Å². The second-order valence-electron chi connectivity index (χ2n) is 5.90. The standard InChI is InChI=1S/C14H24N4O2/c1-10(2)9-18-13(7-8-15-18)17-14(20)16-11-3-5-12(19)6-4-11/h7-8,10-12,19H,3-6,9H2,1-2H3,(H2,16,17,20). The van der Waals surface area contributed by atoms with Gasteiger partial charge in [0.1, 0.15) is 5.82 Å². The molecule has 0 radical (unpaired) electrons. The van der Waals surface area contributed by atoms with Gasteiger partial charge in [0.2, 0.25) is 0 Å². The number of amides is 2. The van der Waals surface area contributed by atoms with Crippen LogP contribution in [0, 0.1) is 5.92 Å². The summed E-state index contributed by atoms with van der Waals surface area (Å²) in [6, 6.07) is 1.75. The quantitative estimate of drug-likeness (QED) is 0.789. The molecular weight excluding hydrogens is 256 g/mol. The normalized spacial score (nSPS) is 22.8. The van der Waals surface area contributed by atoms with Crippen molar-refractivity contribution in [2.75, 3.05) is 5.32 Å². The molecule has 6 heteroatoms. The zero-order valence-electron chi connectivity index (χ0n) is 12.2. The number of carbonyl (C=O) groups excluding carboxylic acids is 1. The Kier molecular flexibility index (Phi) is 5.00. The Morgan fingerprint density at radius 2 is 2.15 bits per heavy atom. The summed E-state index contributed by atoms with van der Waals surface area (Å²) in [5.74, 6) is 1.19. The van der Waals surface area contributed by atoms with Crippen LogP contribution in [0.15, 0.2) is 12.3 Å². The van der Waals surface area contributed by atoms with E-state index in [0.717, 1.165) is 32.2 Å². The van der Waals surface area contributed by atoms with Gasteiger partial charge < -0.3 is 10.4 Å². The van der Waals surface area contributed by atoms with Gasteiger partial charge in [-0.3, -0.25) is 5.32 Å². The third-order valence-corrected chi connectivity index (χ3v) is 3.53. The van der Waals surface area contributed by atoms with Crippen LogP contribution in [-0.4, -0.2) is 33.1 Å². The summed E-state index contributed by atoms with van der Waals surface area (Å²) in [5.41, 5.74) is 0. The van der Waals surface area contributed by atoms with E-state index in [1.54, 1.807) is 16.9 Å². The van der Waals surface area contributed by atoms with Gasteiger partial charge in [-0.05, 0) is 31.6 Å². The molecule has 2 amide bonds. The first-order valence-electron chi connectivity index (χ1n) is 7.32. The van der Waals surface area contributed by atoms with Gasteiger partial charge in [0.25, 0.3) is 0 Å². The van der Waals surface area contributed by atoms with Crippen molar-refractivity contribution in [1.82, 2.24) is 15.1 Å². The highest BCUT2D eigenvalue weighted by Gasteiger charge is 2.21. The average Bonchev–Trinajstić information content (AvgIpc) is 2.78. The third kappa shape index (κ3) is 4.23. The lowest BCUT2D eigenvalue weighted by atomic mass is 9.93. The number of nitrogens with one attached hydrogen (secondary N) is 2. The molecule has 0 unspecified atom stereocenters. The molecule has 1 heterocycles. The second-order valence-corrected chi connectivity index (χ2v) is 5.90. The van der Waals surface area contributed by atoms with Crippen LogP contribution in [0.5, 0.6) is 0 Å². The maximum Gasteiger partial charge on any atom is 0.320 e. The molecule has 1 saturated carbocycles. The van der Waals surface area contributed by atoms with Crippen LogP contribution in [0.25, 0.3) is 0 Å². The number of nitrogens with zero attached hydrogens (tertiary/aromatic N) is 2. The van der Waals surface area contributed by atoms with Gasteiger partial charge in [-0.2, -0.15) is 5.10 Å². The zero-order chi connectivity index (χ0) is 14.5. The van der Waals surface area contributed by atoms with Gasteiger partial charge in [-0.15, -0.1) is 0 Å². The van der Waals surface area contributed by atoms with Crippen molar-refractivity contribution in [3.63, 3.8) is 0 Å². The molecule has 1 fully saturated rings. The SMILES string of the molecule is CC(C)Cn1nccc1NC(=O)NC1CCC(O)CC1. The first kappa shape index (κ1) is 14.8. The lowest BCUT2D eigenvalue weighted by Gasteiger charge is -2.26. The van der Waals surface area contributed by atoms with Gasteiger partial charge in [-0.1, -0.05) is 13.8 Å². The summed E-state index contributed by atoms with van der Waals surface area (Å²) >= 11 is 0. The van der Waals surface area contributed by atoms with Crippen molar-refractivity contribution in [3.8, 4) is 0 Å². The predicted octanol–water partition coefficient (Wildman–Crippen LogP) is 1.96. The maximum absolute atomic E-state index is 12.0. The molecule has 112 valence electrons. The molecule has 1 aliphatic rings. The topological polar surface area (TPSA) is 79.2 Å². The zero-order valence-corrected chi connectivity index (χ0v) is 12.2. The average molecular weight is 280 g/mol. The van der Waals surface area contributed by atoms with E-state index in [4.69, 9.17) is 0 Å². The molecule has 0 saturated heterocycles. The van der Waals surface area contributed by atoms with Crippen LogP contribution < -0.4 is 10.6 Å². The number of urea groups is 1. The Morgan fingerprint density at radius 1 is 1.45 bits per heavy atom. The van der Waals surface area contributed by atoms with Crippen LogP contribution >= 0.6 is 0 Å². The number of rotatable bonds is 4. The molecule has 0 aliphatic heterocycles. The minimum absolute atomic E-state index is 0.153. The third-order valence-electron chi connectivity index (χ3n) is 3.53. The van der Waals surface area contributed by atoms with Crippen LogP contribution in [-0.2, 0) is 6.54 Å². The van der Waals surface area contributed by atoms with E-state index in [0.29, 0.717) is 11.7 Å². The predicted molar refractivity (Wildman–Crippen MR) is 77.5 cm³/mol. The van der Waals surface area contributed by atoms with Crippen molar-refractivity contribution < 1.29 is 9.90 Å². The van der Waals surface area contributed by atoms with E-state index in [9.17, 15) is 9.90 Å². The van der Waals surface area contributed by atoms with Gasteiger partial charge in [0.15, 0.2) is 0 Å². The second kappa shape index (κ2) is 6.74. The summed E-state index contributed by atoms with van der Waals surface area (Å²) in [4.78, 5) is 12.0. The minimum atomic E-state index is -0.205. The summed E-state index contributed by atoms with van der Waals surface area (Å²) < 4.78 is 1.80. The van der Waals surface area contributed by atoms with Crippen molar-refractivity contribution in [2.24, 2.45) is 5.92 Å². The molecule has 0 bridgehead atoms. The fourth-order valence-corrected chi connectivity index (χ4v) is 2.49. The Labute approximate surface area is 119 Å². The molecule has 2 rings (SSSR count). The highest BCUT2D eigenvalue weighted by Crippen LogP contribution is 2.18. The lowest BCUT2D eigenvalue weighted by molar-refractivity contribution is 0.118. The molecule has 1 aliphatic carbocycles. The molecular formula is C14H24N4O2. The molecule has 0 aromatic carbocycles. The Bertz CT molecular complexity index is 436. The highest BCUT2D eigenvalue weighted by atomic mass is 16.3. The van der Waals surface area contributed by atoms with Crippen LogP contribution in [0.2, 0.25) is 0 Å². The molecule has 3 N–H and O–H groups in total. The monoisotopic (exact) mass is 280 g/mol. The van der Waals surface area contributed by atoms with E-state index in [1.165, 1.54) is 0 Å². The van der Waals surface area contributed by atoms with Gasteiger partial charge in [-0.25, -0.2) is 9.48 Å². The lowest BCUT2D eigenvalue weighted by Crippen LogP contribution is -2.41. The van der Waals surface area contributed by atoms with E-state index in [-0.39, 0.29) is 18.2 Å². The number of aromatic nitrogens is 2. The molecule has 1 aromatic rings. The number of aliphatic hydroxyl groups is 1. The summed E-state index contributed by atoms with van der Waals surface area (Å²) in [5, 5.41) is 19.5. The summed E-state index contributed by atoms with van der Waals surface area (Å²) in [6.07, 6.45) is 4.67. The molecule has 6 nitrogen and oxygen atoms in total. The van der Waals surface area contributed by atoms with Crippen LogP contribution in [0.3, 0.4) is 0 Å². The van der Waals surface area contributed by atoms with Crippen molar-refractivity contribution >= 4 is 11.8 Å². The maximum atomic E-state index is 12.0. The van der Waals surface area contributed by atoms with Crippen LogP contribution in [0.1, 0.15) is 39.5 Å². The van der Waals surface area contributed by atoms with Crippen molar-refractivity contribution in [1.29, 1.82) is 0 Å². The first-order valence-corrected chi connectivity index (χ1v) is 7.32. The minimum Gasteiger partial charge on any atom is -0.393 e. The molecule has 0 atom stereocenters. The van der Waals surface area contributed by atoms with Gasteiger partial charge >= 0.3 is 6.03 Å². The Morgan fingerprint density at radius 3 is 2.80 bits per heavy atom. The molecule has 1 aromatic heterocycles. The number of anilines is 1. The Hall–Kier alpha value is -1.56. The largest absolute Gasteiger partial charge is 0.393 e. The highest BCUT2D eigenvalue weighted by molar-refractivity contribution is 5.88. The number of hydrogen-bond acceptors (Lipinski definition) is 3. The van der Waals surface area contributed by atoms with E-state index >= 15 is 0 Å². The number of aliphatic hydroxyl groups excluding tert-OH is 1. The van der Waals surface area contributed by atoms with Crippen molar-refractivity contribution in [2.45, 2.75) is 58.2 Å². The fraction of sp³-hybridized carbons (Fsp3) is 0.714. The fourth-order valence-electron chi connectivity index (χ4n) is 2.49. The first-order chi connectivity index (χ1) is 9.54. The van der Waals surface area contributed by atoms with E-state index in [1.807, 2.05) is 0 Å². The number of hydrogen-bond donors (Lipinski definition) is 3. The van der Waals surface area contributed by atoms with Gasteiger partial charge in [0, 0.05) is 18.7 Å². The molecule has 20 heavy (non-hydrogen) atoms. The van der Waals surface area contributed by atoms with Gasteiger partial charge in [0.05, 0.1) is 12.3 Å². The summed E-state index contributed by atoms with van der Waals surface area (Å²) in [7, 11) is 0. The number of carbonyl (C=O) groups is 1. The van der Waals surface area contributed by atoms with Crippen molar-refractivity contribution in [3.05, 3.63) is 12.3 Å². The smallest absolute Gasteiger partial charge is 0.320 e. The Balaban J connectivity index is 1.84. The summed E-state index contributed by atoms with van der Waals surface area (Å²) in [6.45, 7) is 5.00. The van der Waals surface area contributed by atoms with E-state index in [2.05, 4.69) is 29.6 Å².